The van der Waals surface area contributed by atoms with E-state index >= 15 is 0 Å². The normalized spacial score (nSPS) is 18.7. The fourth-order valence-electron chi connectivity index (χ4n) is 4.67. The van der Waals surface area contributed by atoms with Crippen LogP contribution in [0, 0.1) is 6.92 Å². The van der Waals surface area contributed by atoms with Crippen LogP contribution in [0.25, 0.3) is 0 Å². The van der Waals surface area contributed by atoms with Gasteiger partial charge in [0.2, 0.25) is 0 Å². The molecule has 0 aromatic heterocycles. The summed E-state index contributed by atoms with van der Waals surface area (Å²) in [6.07, 6.45) is 0. The van der Waals surface area contributed by atoms with E-state index < -0.39 is 0 Å². The topological polar surface area (TPSA) is 24.1 Å². The van der Waals surface area contributed by atoms with Gasteiger partial charge in [0.1, 0.15) is 0 Å². The van der Waals surface area contributed by atoms with Gasteiger partial charge in [0.15, 0.2) is 0 Å². The second kappa shape index (κ2) is 9.32. The van der Waals surface area contributed by atoms with Crippen LogP contribution >= 0.6 is 0 Å². The van der Waals surface area contributed by atoms with E-state index in [9.17, 15) is 0 Å². The number of aryl methyl sites for hydroxylation is 1. The fourth-order valence-corrected chi connectivity index (χ4v) is 4.67. The molecule has 0 amide bonds. The van der Waals surface area contributed by atoms with Gasteiger partial charge in [-0.15, -0.1) is 0 Å². The van der Waals surface area contributed by atoms with Crippen molar-refractivity contribution in [2.45, 2.75) is 39.2 Å². The van der Waals surface area contributed by atoms with Gasteiger partial charge in [-0.3, -0.25) is 0 Å². The lowest BCUT2D eigenvalue weighted by molar-refractivity contribution is 0.514. The van der Waals surface area contributed by atoms with E-state index in [2.05, 4.69) is 128 Å². The molecule has 162 valence electrons. The lowest BCUT2D eigenvalue weighted by atomic mass is 9.71. The van der Waals surface area contributed by atoms with Crippen molar-refractivity contribution >= 4 is 17.1 Å². The molecular weight excluding hydrogens is 388 g/mol. The number of anilines is 3. The molecule has 1 aliphatic heterocycles. The molecule has 0 saturated carbocycles. The molecule has 5 rings (SSSR count). The van der Waals surface area contributed by atoms with Crippen molar-refractivity contribution in [1.29, 1.82) is 0 Å². The third kappa shape index (κ3) is 3.89. The minimum Gasteiger partial charge on any atom is -0.377 e. The fraction of sp³-hybridized carbons (Fsp3) is 0.200. The van der Waals surface area contributed by atoms with Gasteiger partial charge in [-0.1, -0.05) is 92.7 Å². The molecule has 2 nitrogen and oxygen atoms in total. The first-order valence-corrected chi connectivity index (χ1v) is 11.5. The molecule has 0 fully saturated rings. The number of hydrogen-bond acceptors (Lipinski definition) is 2. The summed E-state index contributed by atoms with van der Waals surface area (Å²) in [4.78, 5) is 0. The molecule has 32 heavy (non-hydrogen) atoms. The molecular formula is C30H32N2. The van der Waals surface area contributed by atoms with Crippen LogP contribution in [0.1, 0.15) is 49.1 Å². The van der Waals surface area contributed by atoms with Crippen LogP contribution in [-0.2, 0) is 5.41 Å². The molecule has 0 spiro atoms. The molecule has 0 saturated heterocycles. The summed E-state index contributed by atoms with van der Waals surface area (Å²) >= 11 is 0. The summed E-state index contributed by atoms with van der Waals surface area (Å²) in [6.45, 7) is 8.49. The van der Waals surface area contributed by atoms with Crippen molar-refractivity contribution < 1.29 is 0 Å². The molecule has 1 aliphatic rings. The largest absolute Gasteiger partial charge is 0.377 e. The smallest absolute Gasteiger partial charge is 0.0649 e. The monoisotopic (exact) mass is 420 g/mol. The van der Waals surface area contributed by atoms with E-state index in [-0.39, 0.29) is 11.5 Å². The highest BCUT2D eigenvalue weighted by Crippen LogP contribution is 2.53. The molecule has 2 unspecified atom stereocenters. The van der Waals surface area contributed by atoms with Gasteiger partial charge in [-0.05, 0) is 60.4 Å². The van der Waals surface area contributed by atoms with Crippen LogP contribution in [0.15, 0.2) is 103 Å². The van der Waals surface area contributed by atoms with Crippen LogP contribution in [0.4, 0.5) is 17.1 Å². The van der Waals surface area contributed by atoms with Crippen LogP contribution in [0.3, 0.4) is 0 Å². The van der Waals surface area contributed by atoms with Gasteiger partial charge in [0.05, 0.1) is 6.04 Å². The predicted molar refractivity (Wildman–Crippen MR) is 138 cm³/mol. The van der Waals surface area contributed by atoms with Gasteiger partial charge in [-0.25, -0.2) is 0 Å². The Morgan fingerprint density at radius 3 is 2.06 bits per heavy atom. The lowest BCUT2D eigenvalue weighted by Crippen LogP contribution is -2.30. The minimum atomic E-state index is -0.179. The van der Waals surface area contributed by atoms with Crippen LogP contribution < -0.4 is 10.6 Å². The zero-order chi connectivity index (χ0) is 22.6. The number of hydrogen-bond donors (Lipinski definition) is 2. The second-order valence-electron chi connectivity index (χ2n) is 8.26. The molecule has 0 radical (unpaired) electrons. The summed E-state index contributed by atoms with van der Waals surface area (Å²) in [6, 6.07) is 36.9. The van der Waals surface area contributed by atoms with E-state index in [1.165, 1.54) is 27.9 Å². The summed E-state index contributed by atoms with van der Waals surface area (Å²) in [5.74, 6) is 0. The summed E-state index contributed by atoms with van der Waals surface area (Å²) in [5, 5.41) is 7.43. The number of nitrogens with one attached hydrogen (secondary N) is 2. The molecule has 1 heterocycles. The molecule has 4 aromatic rings. The molecule has 0 bridgehead atoms. The number of fused-ring (bicyclic) bond motifs is 1. The zero-order valence-corrected chi connectivity index (χ0v) is 19.4. The maximum absolute atomic E-state index is 3.81. The maximum atomic E-state index is 3.81. The highest BCUT2D eigenvalue weighted by Gasteiger charge is 2.45. The quantitative estimate of drug-likeness (QED) is 0.347. The summed E-state index contributed by atoms with van der Waals surface area (Å²) in [5.41, 5.74) is 8.45. The van der Waals surface area contributed by atoms with Gasteiger partial charge < -0.3 is 10.6 Å². The Morgan fingerprint density at radius 2 is 1.38 bits per heavy atom. The number of para-hydroxylation sites is 1. The second-order valence-corrected chi connectivity index (χ2v) is 8.26. The number of benzene rings is 4. The first kappa shape index (κ1) is 21.7. The Balaban J connectivity index is 0.00000119. The zero-order valence-electron chi connectivity index (χ0n) is 19.4. The average Bonchev–Trinajstić information content (AvgIpc) is 3.16. The van der Waals surface area contributed by atoms with E-state index in [0.717, 1.165) is 11.4 Å². The molecule has 0 aliphatic carbocycles. The highest BCUT2D eigenvalue weighted by atomic mass is 15.0. The van der Waals surface area contributed by atoms with E-state index in [1.54, 1.807) is 0 Å². The van der Waals surface area contributed by atoms with Crippen molar-refractivity contribution in [3.05, 3.63) is 125 Å². The van der Waals surface area contributed by atoms with E-state index in [1.807, 2.05) is 13.8 Å². The minimum absolute atomic E-state index is 0.171. The summed E-state index contributed by atoms with van der Waals surface area (Å²) in [7, 11) is 0. The standard InChI is InChI=1S/C28H26N2.C2H6/c1-20-11-9-10-16-25(20)29-23-17-18-26-24(19-23)28(2,22-14-7-4-8-15-22)27(30-26)21-12-5-3-6-13-21;1-2/h3-19,27,29-30H,1-2H3;1-2H3. The van der Waals surface area contributed by atoms with Gasteiger partial charge in [-0.2, -0.15) is 0 Å². The van der Waals surface area contributed by atoms with Gasteiger partial charge in [0.25, 0.3) is 0 Å². The lowest BCUT2D eigenvalue weighted by Gasteiger charge is -2.33. The number of rotatable bonds is 4. The van der Waals surface area contributed by atoms with Crippen molar-refractivity contribution in [1.82, 2.24) is 0 Å². The Bertz CT molecular complexity index is 1170. The first-order chi connectivity index (χ1) is 15.7. The third-order valence-corrected chi connectivity index (χ3v) is 6.39. The molecule has 2 N–H and O–H groups in total. The molecule has 4 aromatic carbocycles. The van der Waals surface area contributed by atoms with Crippen LogP contribution in [0.5, 0.6) is 0 Å². The van der Waals surface area contributed by atoms with Gasteiger partial charge in [0, 0.05) is 22.5 Å². The Morgan fingerprint density at radius 1 is 0.750 bits per heavy atom. The van der Waals surface area contributed by atoms with Crippen molar-refractivity contribution in [3.8, 4) is 0 Å². The van der Waals surface area contributed by atoms with E-state index in [4.69, 9.17) is 0 Å². The SMILES string of the molecule is CC.Cc1ccccc1Nc1ccc2c(c1)C(C)(c1ccccc1)C(c1ccccc1)N2. The predicted octanol–water partition coefficient (Wildman–Crippen LogP) is 8.24. The highest BCUT2D eigenvalue weighted by molar-refractivity contribution is 5.73. The summed E-state index contributed by atoms with van der Waals surface area (Å²) < 4.78 is 0. The van der Waals surface area contributed by atoms with Crippen molar-refractivity contribution in [3.63, 3.8) is 0 Å². The van der Waals surface area contributed by atoms with Crippen LogP contribution in [-0.4, -0.2) is 0 Å². The Kier molecular flexibility index (Phi) is 6.32. The first-order valence-electron chi connectivity index (χ1n) is 11.5. The van der Waals surface area contributed by atoms with Crippen molar-refractivity contribution in [2.24, 2.45) is 0 Å². The third-order valence-electron chi connectivity index (χ3n) is 6.39. The molecule has 2 heteroatoms. The maximum Gasteiger partial charge on any atom is 0.0649 e. The van der Waals surface area contributed by atoms with E-state index in [0.29, 0.717) is 0 Å². The van der Waals surface area contributed by atoms with Crippen molar-refractivity contribution in [2.75, 3.05) is 10.6 Å². The van der Waals surface area contributed by atoms with Crippen LogP contribution in [0.2, 0.25) is 0 Å². The molecule has 2 atom stereocenters. The Labute approximate surface area is 192 Å². The average molecular weight is 421 g/mol. The van der Waals surface area contributed by atoms with Gasteiger partial charge >= 0.3 is 0 Å². The Hall–Kier alpha value is -3.52.